The van der Waals surface area contributed by atoms with Gasteiger partial charge in [0.15, 0.2) is 0 Å². The predicted molar refractivity (Wildman–Crippen MR) is 125 cm³/mol. The van der Waals surface area contributed by atoms with Crippen molar-refractivity contribution in [1.82, 2.24) is 10.2 Å². The summed E-state index contributed by atoms with van der Waals surface area (Å²) >= 11 is 6.22. The molecule has 6 nitrogen and oxygen atoms in total. The zero-order valence-corrected chi connectivity index (χ0v) is 20.0. The van der Waals surface area contributed by atoms with Gasteiger partial charge in [-0.05, 0) is 88.0 Å². The lowest BCUT2D eigenvalue weighted by Crippen LogP contribution is -2.33. The average Bonchev–Trinajstić information content (AvgIpc) is 3.18. The molecule has 0 aromatic heterocycles. The number of amides is 1. The molecule has 0 bridgehead atoms. The minimum Gasteiger partial charge on any atom is -0.352 e. The average molecular weight is 464 g/mol. The van der Waals surface area contributed by atoms with E-state index in [1.54, 1.807) is 12.1 Å². The lowest BCUT2D eigenvalue weighted by molar-refractivity contribution is 0.0947. The molecule has 1 aliphatic heterocycles. The van der Waals surface area contributed by atoms with Gasteiger partial charge in [-0.2, -0.15) is 0 Å². The molecule has 0 radical (unpaired) electrons. The van der Waals surface area contributed by atoms with Crippen LogP contribution in [0.3, 0.4) is 0 Å². The third-order valence-corrected chi connectivity index (χ3v) is 7.56. The van der Waals surface area contributed by atoms with Crippen LogP contribution in [0.15, 0.2) is 41.3 Å². The maximum Gasteiger partial charge on any atom is 0.261 e. The highest BCUT2D eigenvalue weighted by atomic mass is 35.5. The maximum atomic E-state index is 12.9. The molecular weight excluding hydrogens is 434 g/mol. The number of benzene rings is 2. The molecule has 3 rings (SSSR count). The van der Waals surface area contributed by atoms with E-state index in [-0.39, 0.29) is 21.4 Å². The second-order valence-corrected chi connectivity index (χ2v) is 10.6. The number of hydrogen-bond donors (Lipinski definition) is 2. The molecule has 2 N–H and O–H groups in total. The molecular formula is C23H30ClN3O3S. The van der Waals surface area contributed by atoms with E-state index in [2.05, 4.69) is 28.8 Å². The molecule has 1 fully saturated rings. The molecule has 2 aromatic carbocycles. The van der Waals surface area contributed by atoms with Crippen molar-refractivity contribution in [1.29, 1.82) is 0 Å². The summed E-state index contributed by atoms with van der Waals surface area (Å²) in [4.78, 5) is 15.1. The Morgan fingerprint density at radius 2 is 1.90 bits per heavy atom. The van der Waals surface area contributed by atoms with Gasteiger partial charge in [0, 0.05) is 24.8 Å². The minimum absolute atomic E-state index is 0.00729. The first kappa shape index (κ1) is 23.6. The number of nitrogens with one attached hydrogen (secondary N) is 2. The number of rotatable bonds is 7. The number of aryl methyl sites for hydroxylation is 2. The van der Waals surface area contributed by atoms with Crippen molar-refractivity contribution >= 4 is 33.2 Å². The summed E-state index contributed by atoms with van der Waals surface area (Å²) < 4.78 is 28.3. The Morgan fingerprint density at radius 3 is 2.55 bits per heavy atom. The van der Waals surface area contributed by atoms with Crippen LogP contribution >= 0.6 is 11.6 Å². The van der Waals surface area contributed by atoms with E-state index in [1.807, 2.05) is 19.9 Å². The number of anilines is 1. The molecule has 31 heavy (non-hydrogen) atoms. The summed E-state index contributed by atoms with van der Waals surface area (Å²) in [5, 5.41) is 3.14. The number of carbonyl (C=O) groups is 1. The zero-order valence-electron chi connectivity index (χ0n) is 18.4. The van der Waals surface area contributed by atoms with E-state index >= 15 is 0 Å². The summed E-state index contributed by atoms with van der Waals surface area (Å²) in [6.45, 7) is 10.7. The Bertz CT molecular complexity index is 1070. The van der Waals surface area contributed by atoms with E-state index in [0.29, 0.717) is 24.2 Å². The van der Waals surface area contributed by atoms with Gasteiger partial charge in [0.25, 0.3) is 15.9 Å². The Labute approximate surface area is 190 Å². The van der Waals surface area contributed by atoms with Crippen molar-refractivity contribution < 1.29 is 13.2 Å². The fourth-order valence-electron chi connectivity index (χ4n) is 3.70. The first-order valence-corrected chi connectivity index (χ1v) is 12.3. The standard InChI is InChI=1S/C23H30ClN3O3S/c1-15(2)27-10-9-18(14-27)13-25-23(28)21-12-20(7-8-22(21)24)31(29,30)26-19-6-5-16(3)17(4)11-19/h5-8,11-12,15,18,26H,9-10,13-14H2,1-4H3,(H,25,28). The van der Waals surface area contributed by atoms with E-state index in [4.69, 9.17) is 11.6 Å². The molecule has 1 heterocycles. The molecule has 1 unspecified atom stereocenters. The highest BCUT2D eigenvalue weighted by Crippen LogP contribution is 2.24. The number of likely N-dealkylation sites (tertiary alicyclic amines) is 1. The van der Waals surface area contributed by atoms with Gasteiger partial charge < -0.3 is 10.2 Å². The third kappa shape index (κ3) is 5.79. The lowest BCUT2D eigenvalue weighted by Gasteiger charge is -2.20. The first-order valence-electron chi connectivity index (χ1n) is 10.5. The van der Waals surface area contributed by atoms with Crippen LogP contribution in [0.5, 0.6) is 0 Å². The Kier molecular flexibility index (Phi) is 7.29. The van der Waals surface area contributed by atoms with Crippen molar-refractivity contribution in [3.8, 4) is 0 Å². The van der Waals surface area contributed by atoms with Crippen LogP contribution in [0.1, 0.15) is 41.8 Å². The fourth-order valence-corrected chi connectivity index (χ4v) is 4.97. The summed E-state index contributed by atoms with van der Waals surface area (Å²) in [6, 6.07) is 10.0. The number of hydrogen-bond acceptors (Lipinski definition) is 4. The smallest absolute Gasteiger partial charge is 0.261 e. The molecule has 8 heteroatoms. The molecule has 1 aliphatic rings. The quantitative estimate of drug-likeness (QED) is 0.644. The van der Waals surface area contributed by atoms with Gasteiger partial charge in [-0.1, -0.05) is 17.7 Å². The molecule has 168 valence electrons. The summed E-state index contributed by atoms with van der Waals surface area (Å²) in [7, 11) is -3.86. The largest absolute Gasteiger partial charge is 0.352 e. The number of halogens is 1. The van der Waals surface area contributed by atoms with E-state index < -0.39 is 10.0 Å². The van der Waals surface area contributed by atoms with Gasteiger partial charge in [0.05, 0.1) is 15.5 Å². The number of carbonyl (C=O) groups excluding carboxylic acids is 1. The van der Waals surface area contributed by atoms with Crippen LogP contribution < -0.4 is 10.0 Å². The molecule has 0 aliphatic carbocycles. The summed E-state index contributed by atoms with van der Waals surface area (Å²) in [5.74, 6) is 0.0136. The predicted octanol–water partition coefficient (Wildman–Crippen LogP) is 4.22. The van der Waals surface area contributed by atoms with Gasteiger partial charge in [-0.15, -0.1) is 0 Å². The topological polar surface area (TPSA) is 78.5 Å². The second kappa shape index (κ2) is 9.59. The molecule has 1 saturated heterocycles. The molecule has 0 spiro atoms. The maximum absolute atomic E-state index is 12.9. The Hall–Kier alpha value is -2.09. The van der Waals surface area contributed by atoms with Crippen LogP contribution in [0.4, 0.5) is 5.69 Å². The van der Waals surface area contributed by atoms with Gasteiger partial charge >= 0.3 is 0 Å². The van der Waals surface area contributed by atoms with Crippen molar-refractivity contribution in [2.24, 2.45) is 5.92 Å². The monoisotopic (exact) mass is 463 g/mol. The molecule has 1 amide bonds. The second-order valence-electron chi connectivity index (χ2n) is 8.50. The fraction of sp³-hybridized carbons (Fsp3) is 0.435. The van der Waals surface area contributed by atoms with Crippen molar-refractivity contribution in [3.05, 3.63) is 58.1 Å². The zero-order chi connectivity index (χ0) is 22.8. The van der Waals surface area contributed by atoms with Crippen LogP contribution in [-0.2, 0) is 10.0 Å². The number of sulfonamides is 1. The normalized spacial score (nSPS) is 17.2. The molecule has 1 atom stereocenters. The van der Waals surface area contributed by atoms with Crippen molar-refractivity contribution in [3.63, 3.8) is 0 Å². The molecule has 2 aromatic rings. The van der Waals surface area contributed by atoms with E-state index in [0.717, 1.165) is 30.6 Å². The highest BCUT2D eigenvalue weighted by Gasteiger charge is 2.25. The SMILES string of the molecule is Cc1ccc(NS(=O)(=O)c2ccc(Cl)c(C(=O)NCC3CCN(C(C)C)C3)c2)cc1C. The first-order chi connectivity index (χ1) is 14.6. The summed E-state index contributed by atoms with van der Waals surface area (Å²) in [5.41, 5.74) is 2.69. The Morgan fingerprint density at radius 1 is 1.16 bits per heavy atom. The highest BCUT2D eigenvalue weighted by molar-refractivity contribution is 7.92. The van der Waals surface area contributed by atoms with Gasteiger partial charge in [-0.3, -0.25) is 9.52 Å². The van der Waals surface area contributed by atoms with Gasteiger partial charge in [-0.25, -0.2) is 8.42 Å². The Balaban J connectivity index is 1.71. The minimum atomic E-state index is -3.86. The van der Waals surface area contributed by atoms with Crippen molar-refractivity contribution in [2.75, 3.05) is 24.4 Å². The van der Waals surface area contributed by atoms with E-state index in [9.17, 15) is 13.2 Å². The van der Waals surface area contributed by atoms with Crippen LogP contribution in [0.2, 0.25) is 5.02 Å². The van der Waals surface area contributed by atoms with Gasteiger partial charge in [0.2, 0.25) is 0 Å². The number of nitrogens with zero attached hydrogens (tertiary/aromatic N) is 1. The van der Waals surface area contributed by atoms with Crippen LogP contribution in [-0.4, -0.2) is 44.9 Å². The molecule has 0 saturated carbocycles. The van der Waals surface area contributed by atoms with Crippen LogP contribution in [0, 0.1) is 19.8 Å². The summed E-state index contributed by atoms with van der Waals surface area (Å²) in [6.07, 6.45) is 1.03. The van der Waals surface area contributed by atoms with Crippen molar-refractivity contribution in [2.45, 2.75) is 45.1 Å². The van der Waals surface area contributed by atoms with E-state index in [1.165, 1.54) is 18.2 Å². The third-order valence-electron chi connectivity index (χ3n) is 5.85. The van der Waals surface area contributed by atoms with Gasteiger partial charge in [0.1, 0.15) is 0 Å². The lowest BCUT2D eigenvalue weighted by atomic mass is 10.1. The van der Waals surface area contributed by atoms with Crippen LogP contribution in [0.25, 0.3) is 0 Å².